The summed E-state index contributed by atoms with van der Waals surface area (Å²) in [4.78, 5) is 19.9. The zero-order chi connectivity index (χ0) is 24.4. The molecule has 1 aliphatic heterocycles. The molecule has 0 aliphatic carbocycles. The van der Waals surface area contributed by atoms with Gasteiger partial charge in [0.1, 0.15) is 18.2 Å². The first-order chi connectivity index (χ1) is 17.0. The van der Waals surface area contributed by atoms with Gasteiger partial charge in [0.25, 0.3) is 0 Å². The molecule has 1 saturated heterocycles. The van der Waals surface area contributed by atoms with E-state index in [1.807, 2.05) is 41.3 Å². The van der Waals surface area contributed by atoms with Crippen molar-refractivity contribution in [2.75, 3.05) is 18.1 Å². The molecule has 0 N–H and O–H groups in total. The van der Waals surface area contributed by atoms with Gasteiger partial charge >= 0.3 is 0 Å². The fourth-order valence-corrected chi connectivity index (χ4v) is 5.00. The van der Waals surface area contributed by atoms with E-state index in [2.05, 4.69) is 61.7 Å². The molecular formula is C30H33N3O2. The summed E-state index contributed by atoms with van der Waals surface area (Å²) >= 11 is 0. The second-order valence-electron chi connectivity index (χ2n) is 9.53. The monoisotopic (exact) mass is 467 g/mol. The van der Waals surface area contributed by atoms with Gasteiger partial charge in [0.2, 0.25) is 5.91 Å². The van der Waals surface area contributed by atoms with Crippen LogP contribution in [0.5, 0.6) is 5.75 Å². The van der Waals surface area contributed by atoms with E-state index in [4.69, 9.17) is 9.72 Å². The summed E-state index contributed by atoms with van der Waals surface area (Å²) in [6.07, 6.45) is 1.59. The molecule has 1 amide bonds. The molecule has 0 saturated carbocycles. The maximum Gasteiger partial charge on any atom is 0.227 e. The number of nitrogens with zero attached hydrogens (tertiary/aromatic N) is 3. The summed E-state index contributed by atoms with van der Waals surface area (Å²) in [5.74, 6) is 2.60. The van der Waals surface area contributed by atoms with Crippen LogP contribution in [0.2, 0.25) is 0 Å². The van der Waals surface area contributed by atoms with E-state index in [0.717, 1.165) is 40.3 Å². The van der Waals surface area contributed by atoms with E-state index in [-0.39, 0.29) is 11.8 Å². The lowest BCUT2D eigenvalue weighted by Crippen LogP contribution is -2.25. The number of imidazole rings is 1. The molecule has 5 nitrogen and oxygen atoms in total. The molecule has 0 bridgehead atoms. The van der Waals surface area contributed by atoms with Crippen molar-refractivity contribution >= 4 is 22.6 Å². The van der Waals surface area contributed by atoms with Crippen molar-refractivity contribution in [3.05, 3.63) is 89.7 Å². The Hall–Kier alpha value is -3.60. The van der Waals surface area contributed by atoms with E-state index in [1.165, 1.54) is 5.56 Å². The Bertz CT molecular complexity index is 1330. The van der Waals surface area contributed by atoms with Crippen LogP contribution in [0.25, 0.3) is 11.0 Å². The molecule has 0 spiro atoms. The molecule has 2 unspecified atom stereocenters. The van der Waals surface area contributed by atoms with Crippen molar-refractivity contribution in [3.63, 3.8) is 0 Å². The first-order valence-electron chi connectivity index (χ1n) is 12.6. The smallest absolute Gasteiger partial charge is 0.227 e. The minimum absolute atomic E-state index is 0.0457. The maximum atomic E-state index is 13.0. The van der Waals surface area contributed by atoms with Gasteiger partial charge in [0.15, 0.2) is 0 Å². The molecule has 5 heteroatoms. The number of anilines is 1. The summed E-state index contributed by atoms with van der Waals surface area (Å²) in [5.41, 5.74) is 5.49. The van der Waals surface area contributed by atoms with E-state index in [1.54, 1.807) is 0 Å². The van der Waals surface area contributed by atoms with E-state index in [9.17, 15) is 4.79 Å². The van der Waals surface area contributed by atoms with Gasteiger partial charge in [-0.15, -0.1) is 0 Å². The molecule has 2 atom stereocenters. The Kier molecular flexibility index (Phi) is 6.58. The van der Waals surface area contributed by atoms with E-state index >= 15 is 0 Å². The van der Waals surface area contributed by atoms with Gasteiger partial charge in [-0.05, 0) is 60.7 Å². The molecule has 1 aliphatic rings. The standard InChI is InChI=1S/C30H33N3O2/c1-4-21(2)23-13-15-25(16-14-23)35-18-17-32-28-12-8-6-10-26(28)31-30(32)24-19-29(34)33(20-24)27-11-7-5-9-22(27)3/h5-16,21,24H,4,17-20H2,1-3H3. The number of hydrogen-bond donors (Lipinski definition) is 0. The van der Waals surface area contributed by atoms with E-state index < -0.39 is 0 Å². The van der Waals surface area contributed by atoms with Crippen LogP contribution in [0.4, 0.5) is 5.69 Å². The van der Waals surface area contributed by atoms with Crippen LogP contribution in [-0.4, -0.2) is 28.6 Å². The number of rotatable bonds is 8. The topological polar surface area (TPSA) is 47.4 Å². The average molecular weight is 468 g/mol. The van der Waals surface area contributed by atoms with Gasteiger partial charge in [0.05, 0.1) is 17.6 Å². The fraction of sp³-hybridized carbons (Fsp3) is 0.333. The molecule has 5 rings (SSSR count). The van der Waals surface area contributed by atoms with Gasteiger partial charge in [-0.2, -0.15) is 0 Å². The third-order valence-corrected chi connectivity index (χ3v) is 7.23. The molecule has 180 valence electrons. The summed E-state index contributed by atoms with van der Waals surface area (Å²) in [7, 11) is 0. The summed E-state index contributed by atoms with van der Waals surface area (Å²) in [6, 6.07) is 24.7. The highest BCUT2D eigenvalue weighted by Gasteiger charge is 2.35. The summed E-state index contributed by atoms with van der Waals surface area (Å²) < 4.78 is 8.35. The quantitative estimate of drug-likeness (QED) is 0.299. The zero-order valence-electron chi connectivity index (χ0n) is 20.8. The van der Waals surface area contributed by atoms with Crippen LogP contribution in [-0.2, 0) is 11.3 Å². The lowest BCUT2D eigenvalue weighted by Gasteiger charge is -2.19. The van der Waals surface area contributed by atoms with Crippen molar-refractivity contribution < 1.29 is 9.53 Å². The molecule has 0 radical (unpaired) electrons. The van der Waals surface area contributed by atoms with Crippen molar-refractivity contribution in [1.29, 1.82) is 0 Å². The van der Waals surface area contributed by atoms with Gasteiger partial charge < -0.3 is 14.2 Å². The number of para-hydroxylation sites is 3. The van der Waals surface area contributed by atoms with Crippen LogP contribution in [0.15, 0.2) is 72.8 Å². The number of aryl methyl sites for hydroxylation is 1. The SMILES string of the molecule is CCC(C)c1ccc(OCCn2c(C3CC(=O)N(c4ccccc4C)C3)nc3ccccc32)cc1. The minimum atomic E-state index is 0.0457. The highest BCUT2D eigenvalue weighted by Crippen LogP contribution is 2.34. The van der Waals surface area contributed by atoms with Gasteiger partial charge in [-0.1, -0.05) is 56.3 Å². The Morgan fingerprint density at radius 2 is 1.77 bits per heavy atom. The highest BCUT2D eigenvalue weighted by molar-refractivity contribution is 5.97. The molecule has 1 fully saturated rings. The van der Waals surface area contributed by atoms with Crippen LogP contribution >= 0.6 is 0 Å². The van der Waals surface area contributed by atoms with Crippen molar-refractivity contribution in [1.82, 2.24) is 9.55 Å². The Labute approximate surface area is 207 Å². The molecule has 35 heavy (non-hydrogen) atoms. The number of carbonyl (C=O) groups is 1. The van der Waals surface area contributed by atoms with Crippen molar-refractivity contribution in [3.8, 4) is 5.75 Å². The van der Waals surface area contributed by atoms with Crippen LogP contribution < -0.4 is 9.64 Å². The predicted octanol–water partition coefficient (Wildman–Crippen LogP) is 6.46. The van der Waals surface area contributed by atoms with E-state index in [0.29, 0.717) is 32.0 Å². The van der Waals surface area contributed by atoms with Gasteiger partial charge in [0, 0.05) is 24.6 Å². The van der Waals surface area contributed by atoms with Crippen molar-refractivity contribution in [2.24, 2.45) is 0 Å². The van der Waals surface area contributed by atoms with Crippen molar-refractivity contribution in [2.45, 2.75) is 52.0 Å². The Morgan fingerprint density at radius 3 is 2.54 bits per heavy atom. The summed E-state index contributed by atoms with van der Waals surface area (Å²) in [5, 5.41) is 0. The van der Waals surface area contributed by atoms with Crippen LogP contribution in [0, 0.1) is 6.92 Å². The number of ether oxygens (including phenoxy) is 1. The molecular weight excluding hydrogens is 434 g/mol. The lowest BCUT2D eigenvalue weighted by molar-refractivity contribution is -0.117. The maximum absolute atomic E-state index is 13.0. The molecule has 4 aromatic rings. The number of amides is 1. The molecule has 1 aromatic heterocycles. The normalized spacial score (nSPS) is 16.7. The average Bonchev–Trinajstić information content (AvgIpc) is 3.45. The molecule has 3 aromatic carbocycles. The fourth-order valence-electron chi connectivity index (χ4n) is 5.00. The minimum Gasteiger partial charge on any atom is -0.492 e. The second-order valence-corrected chi connectivity index (χ2v) is 9.53. The van der Waals surface area contributed by atoms with Gasteiger partial charge in [-0.25, -0.2) is 4.98 Å². The third kappa shape index (κ3) is 4.68. The van der Waals surface area contributed by atoms with Crippen LogP contribution in [0.3, 0.4) is 0 Å². The number of hydrogen-bond acceptors (Lipinski definition) is 3. The largest absolute Gasteiger partial charge is 0.492 e. The number of aromatic nitrogens is 2. The zero-order valence-corrected chi connectivity index (χ0v) is 20.8. The predicted molar refractivity (Wildman–Crippen MR) is 141 cm³/mol. The number of fused-ring (bicyclic) bond motifs is 1. The third-order valence-electron chi connectivity index (χ3n) is 7.23. The summed E-state index contributed by atoms with van der Waals surface area (Å²) in [6.45, 7) is 8.37. The number of carbonyl (C=O) groups excluding carboxylic acids is 1. The first-order valence-corrected chi connectivity index (χ1v) is 12.6. The highest BCUT2D eigenvalue weighted by atomic mass is 16.5. The Balaban J connectivity index is 1.35. The second kappa shape index (κ2) is 9.95. The number of benzene rings is 3. The lowest BCUT2D eigenvalue weighted by atomic mass is 9.99. The molecule has 2 heterocycles. The Morgan fingerprint density at radius 1 is 1.03 bits per heavy atom. The van der Waals surface area contributed by atoms with Crippen LogP contribution in [0.1, 0.15) is 55.5 Å². The first kappa shape index (κ1) is 23.2. The van der Waals surface area contributed by atoms with Gasteiger partial charge in [-0.3, -0.25) is 4.79 Å².